The lowest BCUT2D eigenvalue weighted by atomic mass is 10.1. The molecule has 2 rings (SSSR count). The zero-order valence-corrected chi connectivity index (χ0v) is 13.9. The summed E-state index contributed by atoms with van der Waals surface area (Å²) in [6, 6.07) is 12.6. The van der Waals surface area contributed by atoms with Crippen LogP contribution in [-0.2, 0) is 4.79 Å². The number of rotatable bonds is 5. The molecular formula is C18H19ClN2O2. The fourth-order valence-corrected chi connectivity index (χ4v) is 2.42. The minimum Gasteiger partial charge on any atom is -0.352 e. The van der Waals surface area contributed by atoms with Crippen molar-refractivity contribution in [1.29, 1.82) is 0 Å². The van der Waals surface area contributed by atoms with Gasteiger partial charge in [0.1, 0.15) is 0 Å². The normalized spacial score (nSPS) is 10.2. The standard InChI is InChI=1S/C18H19ClN2O2/c1-12-5-3-4-6-15(12)18(23)20-10-9-17(22)21-16-8-7-14(19)11-13(16)2/h3-8,11H,9-10H2,1-2H3,(H,20,23)(H,21,22). The summed E-state index contributed by atoms with van der Waals surface area (Å²) in [7, 11) is 0. The molecule has 0 bridgehead atoms. The van der Waals surface area contributed by atoms with Crippen LogP contribution in [0.4, 0.5) is 5.69 Å². The summed E-state index contributed by atoms with van der Waals surface area (Å²) >= 11 is 5.88. The zero-order chi connectivity index (χ0) is 16.8. The SMILES string of the molecule is Cc1cc(Cl)ccc1NC(=O)CCNC(=O)c1ccccc1C. The molecule has 2 aromatic rings. The van der Waals surface area contributed by atoms with Crippen molar-refractivity contribution in [3.63, 3.8) is 0 Å². The van der Waals surface area contributed by atoms with Gasteiger partial charge in [-0.3, -0.25) is 9.59 Å². The van der Waals surface area contributed by atoms with Crippen LogP contribution in [0.2, 0.25) is 5.02 Å². The number of aryl methyl sites for hydroxylation is 2. The summed E-state index contributed by atoms with van der Waals surface area (Å²) in [6.45, 7) is 4.04. The van der Waals surface area contributed by atoms with E-state index in [1.54, 1.807) is 24.3 Å². The van der Waals surface area contributed by atoms with Crippen molar-refractivity contribution >= 4 is 29.1 Å². The van der Waals surface area contributed by atoms with Gasteiger partial charge in [0.25, 0.3) is 5.91 Å². The topological polar surface area (TPSA) is 58.2 Å². The summed E-state index contributed by atoms with van der Waals surface area (Å²) in [4.78, 5) is 24.0. The summed E-state index contributed by atoms with van der Waals surface area (Å²) in [5.41, 5.74) is 3.16. The van der Waals surface area contributed by atoms with Gasteiger partial charge in [-0.05, 0) is 49.2 Å². The van der Waals surface area contributed by atoms with E-state index in [-0.39, 0.29) is 24.8 Å². The molecule has 4 nitrogen and oxygen atoms in total. The maximum absolute atomic E-state index is 12.0. The molecule has 0 aromatic heterocycles. The fraction of sp³-hybridized carbons (Fsp3) is 0.222. The van der Waals surface area contributed by atoms with E-state index in [1.807, 2.05) is 32.0 Å². The Morgan fingerprint density at radius 1 is 1.04 bits per heavy atom. The van der Waals surface area contributed by atoms with E-state index in [0.717, 1.165) is 16.8 Å². The first-order valence-electron chi connectivity index (χ1n) is 7.37. The first kappa shape index (κ1) is 17.0. The number of hydrogen-bond donors (Lipinski definition) is 2. The van der Waals surface area contributed by atoms with Crippen LogP contribution in [0.25, 0.3) is 0 Å². The highest BCUT2D eigenvalue weighted by Crippen LogP contribution is 2.19. The minimum absolute atomic E-state index is 0.152. The largest absolute Gasteiger partial charge is 0.352 e. The molecule has 0 heterocycles. The highest BCUT2D eigenvalue weighted by atomic mass is 35.5. The van der Waals surface area contributed by atoms with Gasteiger partial charge in [0.15, 0.2) is 0 Å². The lowest BCUT2D eigenvalue weighted by Gasteiger charge is -2.10. The van der Waals surface area contributed by atoms with Crippen molar-refractivity contribution in [1.82, 2.24) is 5.32 Å². The van der Waals surface area contributed by atoms with Crippen molar-refractivity contribution in [2.24, 2.45) is 0 Å². The van der Waals surface area contributed by atoms with E-state index in [0.29, 0.717) is 10.6 Å². The Morgan fingerprint density at radius 2 is 1.78 bits per heavy atom. The molecule has 0 saturated carbocycles. The number of carbonyl (C=O) groups is 2. The lowest BCUT2D eigenvalue weighted by Crippen LogP contribution is -2.28. The molecule has 5 heteroatoms. The highest BCUT2D eigenvalue weighted by molar-refractivity contribution is 6.30. The second-order valence-electron chi connectivity index (χ2n) is 5.33. The van der Waals surface area contributed by atoms with Crippen molar-refractivity contribution in [3.05, 3.63) is 64.2 Å². The minimum atomic E-state index is -0.168. The Bertz CT molecular complexity index is 729. The van der Waals surface area contributed by atoms with Gasteiger partial charge < -0.3 is 10.6 Å². The molecule has 0 saturated heterocycles. The van der Waals surface area contributed by atoms with Gasteiger partial charge in [-0.1, -0.05) is 29.8 Å². The van der Waals surface area contributed by atoms with Crippen molar-refractivity contribution in [2.75, 3.05) is 11.9 Å². The number of amides is 2. The summed E-state index contributed by atoms with van der Waals surface area (Å²) in [5, 5.41) is 6.20. The summed E-state index contributed by atoms with van der Waals surface area (Å²) in [5.74, 6) is -0.320. The molecular weight excluding hydrogens is 312 g/mol. The highest BCUT2D eigenvalue weighted by Gasteiger charge is 2.09. The summed E-state index contributed by atoms with van der Waals surface area (Å²) in [6.07, 6.45) is 0.208. The summed E-state index contributed by atoms with van der Waals surface area (Å²) < 4.78 is 0. The average molecular weight is 331 g/mol. The third-order valence-electron chi connectivity index (χ3n) is 3.49. The molecule has 0 aliphatic heterocycles. The molecule has 0 fully saturated rings. The van der Waals surface area contributed by atoms with E-state index < -0.39 is 0 Å². The molecule has 0 aliphatic rings. The fourth-order valence-electron chi connectivity index (χ4n) is 2.19. The van der Waals surface area contributed by atoms with Crippen molar-refractivity contribution in [2.45, 2.75) is 20.3 Å². The number of hydrogen-bond acceptors (Lipinski definition) is 2. The molecule has 2 aromatic carbocycles. The number of anilines is 1. The second-order valence-corrected chi connectivity index (χ2v) is 5.76. The van der Waals surface area contributed by atoms with Crippen LogP contribution in [0, 0.1) is 13.8 Å². The Kier molecular flexibility index (Phi) is 5.77. The smallest absolute Gasteiger partial charge is 0.251 e. The van der Waals surface area contributed by atoms with Gasteiger partial charge in [-0.25, -0.2) is 0 Å². The van der Waals surface area contributed by atoms with Gasteiger partial charge >= 0.3 is 0 Å². The van der Waals surface area contributed by atoms with Crippen LogP contribution in [-0.4, -0.2) is 18.4 Å². The first-order valence-corrected chi connectivity index (χ1v) is 7.75. The Morgan fingerprint density at radius 3 is 2.48 bits per heavy atom. The zero-order valence-electron chi connectivity index (χ0n) is 13.2. The van der Waals surface area contributed by atoms with E-state index >= 15 is 0 Å². The van der Waals surface area contributed by atoms with Crippen LogP contribution in [0.5, 0.6) is 0 Å². The maximum atomic E-state index is 12.0. The molecule has 120 valence electrons. The second kappa shape index (κ2) is 7.79. The predicted molar refractivity (Wildman–Crippen MR) is 92.9 cm³/mol. The molecule has 23 heavy (non-hydrogen) atoms. The van der Waals surface area contributed by atoms with Crippen LogP contribution >= 0.6 is 11.6 Å². The first-order chi connectivity index (χ1) is 11.0. The third kappa shape index (κ3) is 4.83. The molecule has 0 aliphatic carbocycles. The Labute approximate surface area is 140 Å². The van der Waals surface area contributed by atoms with Crippen LogP contribution in [0.15, 0.2) is 42.5 Å². The van der Waals surface area contributed by atoms with E-state index in [9.17, 15) is 9.59 Å². The monoisotopic (exact) mass is 330 g/mol. The number of nitrogens with one attached hydrogen (secondary N) is 2. The number of halogens is 1. The van der Waals surface area contributed by atoms with Crippen LogP contribution < -0.4 is 10.6 Å². The Hall–Kier alpha value is -2.33. The van der Waals surface area contributed by atoms with Crippen molar-refractivity contribution in [3.8, 4) is 0 Å². The molecule has 0 spiro atoms. The van der Waals surface area contributed by atoms with Gasteiger partial charge in [-0.2, -0.15) is 0 Å². The van der Waals surface area contributed by atoms with Crippen LogP contribution in [0.1, 0.15) is 27.9 Å². The van der Waals surface area contributed by atoms with Gasteiger partial charge in [0.05, 0.1) is 0 Å². The lowest BCUT2D eigenvalue weighted by molar-refractivity contribution is -0.116. The van der Waals surface area contributed by atoms with Gasteiger partial charge in [0.2, 0.25) is 5.91 Å². The molecule has 0 atom stereocenters. The van der Waals surface area contributed by atoms with Crippen LogP contribution in [0.3, 0.4) is 0 Å². The predicted octanol–water partition coefficient (Wildman–Crippen LogP) is 3.72. The average Bonchev–Trinajstić information content (AvgIpc) is 2.50. The van der Waals surface area contributed by atoms with E-state index in [2.05, 4.69) is 10.6 Å². The third-order valence-corrected chi connectivity index (χ3v) is 3.72. The maximum Gasteiger partial charge on any atom is 0.251 e. The van der Waals surface area contributed by atoms with E-state index in [1.165, 1.54) is 0 Å². The quantitative estimate of drug-likeness (QED) is 0.878. The molecule has 0 radical (unpaired) electrons. The van der Waals surface area contributed by atoms with Gasteiger partial charge in [-0.15, -0.1) is 0 Å². The molecule has 0 unspecified atom stereocenters. The van der Waals surface area contributed by atoms with Gasteiger partial charge in [0, 0.05) is 29.2 Å². The molecule has 2 N–H and O–H groups in total. The molecule has 2 amide bonds. The van der Waals surface area contributed by atoms with Crippen molar-refractivity contribution < 1.29 is 9.59 Å². The number of benzene rings is 2. The Balaban J connectivity index is 1.83. The number of carbonyl (C=O) groups excluding carboxylic acids is 2. The van der Waals surface area contributed by atoms with E-state index in [4.69, 9.17) is 11.6 Å².